The van der Waals surface area contributed by atoms with Gasteiger partial charge in [0.15, 0.2) is 0 Å². The molecule has 0 aliphatic rings. The minimum atomic E-state index is -5.84. The first kappa shape index (κ1) is 12.9. The van der Waals surface area contributed by atoms with Gasteiger partial charge in [-0.15, -0.1) is 0 Å². The zero-order chi connectivity index (χ0) is 9.00. The van der Waals surface area contributed by atoms with Gasteiger partial charge in [0.25, 0.3) is 0 Å². The van der Waals surface area contributed by atoms with Crippen LogP contribution in [0.3, 0.4) is 0 Å². The van der Waals surface area contributed by atoms with E-state index in [1.54, 1.807) is 0 Å². The molecule has 1 N–H and O–H groups in total. The second kappa shape index (κ2) is 4.23. The van der Waals surface area contributed by atoms with Gasteiger partial charge < -0.3 is 0 Å². The average Bonchev–Trinajstić information content (AvgIpc) is 1.66. The monoisotopic (exact) mass is 172 g/mol. The topological polar surface area (TPSA) is 54.4 Å². The van der Waals surface area contributed by atoms with E-state index in [1.807, 2.05) is 23.3 Å². The maximum atomic E-state index is 10.7. The number of hydrogen-bond acceptors (Lipinski definition) is 2. The van der Waals surface area contributed by atoms with E-state index in [2.05, 4.69) is 0 Å². The van der Waals surface area contributed by atoms with Crippen LogP contribution < -0.4 is 0 Å². The fourth-order valence-electron chi connectivity index (χ4n) is 0. The molecular formula is C2H4F3LiO3S. The van der Waals surface area contributed by atoms with Crippen LogP contribution in [0.5, 0.6) is 0 Å². The number of rotatable bonds is 0. The van der Waals surface area contributed by atoms with Gasteiger partial charge in [-0.25, -0.2) is 0 Å². The zero-order valence-corrected chi connectivity index (χ0v) is 6.12. The third kappa shape index (κ3) is 5.11. The van der Waals surface area contributed by atoms with E-state index in [0.29, 0.717) is 0 Å². The third-order valence-electron chi connectivity index (χ3n) is 0.292. The van der Waals surface area contributed by atoms with Crippen LogP contribution in [-0.2, 0) is 10.1 Å². The number of halogens is 3. The Morgan fingerprint density at radius 3 is 1.40 bits per heavy atom. The Balaban J connectivity index is 0. The molecule has 0 aromatic heterocycles. The predicted octanol–water partition coefficient (Wildman–Crippen LogP) is 0.597. The molecule has 10 heavy (non-hydrogen) atoms. The van der Waals surface area contributed by atoms with Gasteiger partial charge in [-0.05, 0) is 0 Å². The van der Waals surface area contributed by atoms with Gasteiger partial charge in [0.05, 0.1) is 0 Å². The van der Waals surface area contributed by atoms with Crippen molar-refractivity contribution < 1.29 is 26.1 Å². The summed E-state index contributed by atoms with van der Waals surface area (Å²) in [7, 11) is -5.84. The third-order valence-corrected chi connectivity index (χ3v) is 0.877. The SMILES string of the molecule is O=S(=O)(O)C(F)(F)F.[Li][CH3]. The fourth-order valence-corrected chi connectivity index (χ4v) is 0. The van der Waals surface area contributed by atoms with Gasteiger partial charge in [0.1, 0.15) is 0 Å². The molecule has 0 aliphatic heterocycles. The molecule has 0 unspecified atom stereocenters. The van der Waals surface area contributed by atoms with Crippen molar-refractivity contribution in [2.24, 2.45) is 0 Å². The summed E-state index contributed by atoms with van der Waals surface area (Å²) in [4.78, 5) is 0. The molecule has 0 atom stereocenters. The van der Waals surface area contributed by atoms with Crippen molar-refractivity contribution in [3.05, 3.63) is 0 Å². The summed E-state index contributed by atoms with van der Waals surface area (Å²) in [6, 6.07) is 0. The first-order chi connectivity index (χ1) is 4.25. The Morgan fingerprint density at radius 1 is 1.30 bits per heavy atom. The molecule has 0 rings (SSSR count). The molecule has 0 aromatic carbocycles. The molecular weight excluding hydrogens is 168 g/mol. The van der Waals surface area contributed by atoms with E-state index >= 15 is 0 Å². The summed E-state index contributed by atoms with van der Waals surface area (Å²) >= 11 is 2.00. The van der Waals surface area contributed by atoms with Gasteiger partial charge in [0.2, 0.25) is 0 Å². The molecule has 0 amide bonds. The van der Waals surface area contributed by atoms with Gasteiger partial charge in [-0.1, -0.05) is 0 Å². The summed E-state index contributed by atoms with van der Waals surface area (Å²) in [5.74, 6) is 0. The average molecular weight is 172 g/mol. The molecule has 0 aromatic rings. The van der Waals surface area contributed by atoms with Crippen LogP contribution in [-0.4, -0.2) is 36.2 Å². The molecule has 3 nitrogen and oxygen atoms in total. The minimum absolute atomic E-state index is 2.00. The first-order valence-corrected chi connectivity index (χ1v) is 3.73. The van der Waals surface area contributed by atoms with E-state index in [9.17, 15) is 13.2 Å². The molecule has 58 valence electrons. The Bertz CT molecular complexity index is 171. The molecule has 0 spiro atoms. The molecule has 0 heterocycles. The first-order valence-electron chi connectivity index (χ1n) is 2.29. The molecule has 0 saturated carbocycles. The zero-order valence-electron chi connectivity index (χ0n) is 5.31. The molecule has 8 heteroatoms. The maximum absolute atomic E-state index is 10.7. The van der Waals surface area contributed by atoms with E-state index in [0.717, 1.165) is 0 Å². The second-order valence-corrected chi connectivity index (χ2v) is 2.33. The Hall–Kier alpha value is 0.297. The molecule has 0 aliphatic carbocycles. The summed E-state index contributed by atoms with van der Waals surface area (Å²) in [6.45, 7) is 0. The van der Waals surface area contributed by atoms with Crippen molar-refractivity contribution in [1.82, 2.24) is 0 Å². The molecule has 0 bridgehead atoms. The van der Waals surface area contributed by atoms with Crippen molar-refractivity contribution in [3.8, 4) is 0 Å². The Morgan fingerprint density at radius 2 is 1.40 bits per heavy atom. The van der Waals surface area contributed by atoms with Gasteiger partial charge in [-0.2, -0.15) is 21.6 Å². The van der Waals surface area contributed by atoms with Crippen LogP contribution in [0.1, 0.15) is 0 Å². The van der Waals surface area contributed by atoms with E-state index in [4.69, 9.17) is 13.0 Å². The van der Waals surface area contributed by atoms with Crippen molar-refractivity contribution >= 4 is 27.8 Å². The fraction of sp³-hybridized carbons (Fsp3) is 1.00. The summed E-state index contributed by atoms with van der Waals surface area (Å²) in [5, 5.41) is 0. The Labute approximate surface area is 65.6 Å². The van der Waals surface area contributed by atoms with E-state index in [-0.39, 0.29) is 0 Å². The van der Waals surface area contributed by atoms with Crippen LogP contribution >= 0.6 is 0 Å². The van der Waals surface area contributed by atoms with Gasteiger partial charge in [-0.3, -0.25) is 4.55 Å². The van der Waals surface area contributed by atoms with Crippen LogP contribution in [0.2, 0.25) is 5.60 Å². The molecule has 0 radical (unpaired) electrons. The summed E-state index contributed by atoms with van der Waals surface area (Å²) in [5.41, 5.74) is -3.53. The van der Waals surface area contributed by atoms with Crippen LogP contribution in [0.15, 0.2) is 0 Å². The molecule has 0 fully saturated rings. The van der Waals surface area contributed by atoms with Crippen molar-refractivity contribution in [3.63, 3.8) is 0 Å². The van der Waals surface area contributed by atoms with Gasteiger partial charge in [0, 0.05) is 0 Å². The number of alkyl halides is 3. The van der Waals surface area contributed by atoms with Crippen molar-refractivity contribution in [2.75, 3.05) is 0 Å². The quantitative estimate of drug-likeness (QED) is 0.330. The van der Waals surface area contributed by atoms with Crippen molar-refractivity contribution in [2.45, 2.75) is 11.1 Å². The second-order valence-electron chi connectivity index (χ2n) is 0.921. The van der Waals surface area contributed by atoms with E-state index in [1.165, 1.54) is 0 Å². The van der Waals surface area contributed by atoms with E-state index < -0.39 is 15.6 Å². The molecule has 0 saturated heterocycles. The standard InChI is InChI=1S/CHF3O3S.CH3.Li/c2-1(3,4)8(5,6)7;;/h(H,5,6,7);1H3;. The predicted molar refractivity (Wildman–Crippen MR) is 29.2 cm³/mol. The summed E-state index contributed by atoms with van der Waals surface area (Å²) in [6.07, 6.45) is 0. The van der Waals surface area contributed by atoms with Crippen LogP contribution in [0, 0.1) is 0 Å². The van der Waals surface area contributed by atoms with Crippen LogP contribution in [0.25, 0.3) is 0 Å². The normalized spacial score (nSPS) is 11.9. The Kier molecular flexibility index (Phi) is 5.47. The number of hydrogen-bond donors (Lipinski definition) is 1. The van der Waals surface area contributed by atoms with Crippen molar-refractivity contribution in [1.29, 1.82) is 0 Å². The van der Waals surface area contributed by atoms with Crippen LogP contribution in [0.4, 0.5) is 13.2 Å². The summed E-state index contributed by atoms with van der Waals surface area (Å²) < 4.78 is 57.5. The van der Waals surface area contributed by atoms with Gasteiger partial charge >= 0.3 is 38.9 Å².